The van der Waals surface area contributed by atoms with Gasteiger partial charge in [0.15, 0.2) is 0 Å². The number of likely N-dealkylation sites (tertiary alicyclic amines) is 1. The predicted octanol–water partition coefficient (Wildman–Crippen LogP) is 1.40. The van der Waals surface area contributed by atoms with Gasteiger partial charge in [-0.1, -0.05) is 6.07 Å². The summed E-state index contributed by atoms with van der Waals surface area (Å²) in [4.78, 5) is 28.5. The van der Waals surface area contributed by atoms with Crippen molar-refractivity contribution in [3.8, 4) is 0 Å². The number of nitrogens with zero attached hydrogens (tertiary/aromatic N) is 2. The molecule has 6 nitrogen and oxygen atoms in total. The molecule has 0 radical (unpaired) electrons. The summed E-state index contributed by atoms with van der Waals surface area (Å²) in [5.74, 6) is -0.734. The summed E-state index contributed by atoms with van der Waals surface area (Å²) in [6.07, 6.45) is 2.63. The van der Waals surface area contributed by atoms with Crippen LogP contribution in [0.1, 0.15) is 24.1 Å². The second-order valence-electron chi connectivity index (χ2n) is 5.17. The summed E-state index contributed by atoms with van der Waals surface area (Å²) in [5, 5.41) is 11.6. The zero-order valence-electron chi connectivity index (χ0n) is 11.5. The third-order valence-electron chi connectivity index (χ3n) is 3.45. The molecule has 1 fully saturated rings. The van der Waals surface area contributed by atoms with E-state index in [1.54, 1.807) is 11.1 Å². The van der Waals surface area contributed by atoms with Gasteiger partial charge in [-0.15, -0.1) is 0 Å². The Hall–Kier alpha value is -2.11. The first-order valence-electron chi connectivity index (χ1n) is 6.70. The molecule has 1 aliphatic rings. The Balaban J connectivity index is 1.78. The molecule has 2 rings (SSSR count). The van der Waals surface area contributed by atoms with Gasteiger partial charge in [0.25, 0.3) is 0 Å². The zero-order chi connectivity index (χ0) is 14.5. The fourth-order valence-corrected chi connectivity index (χ4v) is 2.32. The average Bonchev–Trinajstić information content (AvgIpc) is 2.85. The molecule has 1 unspecified atom stereocenters. The van der Waals surface area contributed by atoms with Crippen LogP contribution in [0.2, 0.25) is 0 Å². The number of rotatable bonds is 4. The molecular weight excluding hydrogens is 258 g/mol. The summed E-state index contributed by atoms with van der Waals surface area (Å²) in [5.41, 5.74) is 1.89. The highest BCUT2D eigenvalue weighted by Crippen LogP contribution is 2.19. The van der Waals surface area contributed by atoms with Crippen molar-refractivity contribution in [2.75, 3.05) is 13.1 Å². The lowest BCUT2D eigenvalue weighted by molar-refractivity contribution is -0.138. The number of carbonyl (C=O) groups is 2. The van der Waals surface area contributed by atoms with Gasteiger partial charge < -0.3 is 15.3 Å². The number of carboxylic acids is 1. The van der Waals surface area contributed by atoms with Crippen LogP contribution in [-0.2, 0) is 11.3 Å². The number of hydrogen-bond acceptors (Lipinski definition) is 3. The highest BCUT2D eigenvalue weighted by atomic mass is 16.4. The Morgan fingerprint density at radius 2 is 2.30 bits per heavy atom. The van der Waals surface area contributed by atoms with E-state index < -0.39 is 5.97 Å². The number of carboxylic acid groups (broad SMARTS) is 1. The Labute approximate surface area is 117 Å². The first kappa shape index (κ1) is 14.3. The van der Waals surface area contributed by atoms with E-state index in [0.717, 1.165) is 17.7 Å². The molecule has 108 valence electrons. The molecule has 0 spiro atoms. The number of aryl methyl sites for hydroxylation is 1. The van der Waals surface area contributed by atoms with Crippen molar-refractivity contribution in [3.63, 3.8) is 0 Å². The quantitative estimate of drug-likeness (QED) is 0.871. The number of aliphatic carboxylic acids is 1. The number of nitrogens with one attached hydrogen (secondary N) is 1. The molecule has 0 bridgehead atoms. The van der Waals surface area contributed by atoms with Crippen LogP contribution in [0.25, 0.3) is 0 Å². The molecule has 1 atom stereocenters. The average molecular weight is 277 g/mol. The monoisotopic (exact) mass is 277 g/mol. The minimum atomic E-state index is -0.803. The molecule has 0 aliphatic carbocycles. The van der Waals surface area contributed by atoms with Gasteiger partial charge in [0.1, 0.15) is 0 Å². The standard InChI is InChI=1S/C14H19N3O3/c1-10-2-3-12(7-15-10)8-16-14(20)17-5-4-11(9-17)6-13(18)19/h2-3,7,11H,4-6,8-9H2,1H3,(H,16,20)(H,18,19). The van der Waals surface area contributed by atoms with E-state index in [1.165, 1.54) is 0 Å². The number of amides is 2. The van der Waals surface area contributed by atoms with Gasteiger partial charge >= 0.3 is 12.0 Å². The second-order valence-corrected chi connectivity index (χ2v) is 5.17. The fourth-order valence-electron chi connectivity index (χ4n) is 2.32. The van der Waals surface area contributed by atoms with Crippen LogP contribution in [0.3, 0.4) is 0 Å². The van der Waals surface area contributed by atoms with Crippen LogP contribution in [-0.4, -0.2) is 40.1 Å². The van der Waals surface area contributed by atoms with Crippen molar-refractivity contribution < 1.29 is 14.7 Å². The third-order valence-corrected chi connectivity index (χ3v) is 3.45. The van der Waals surface area contributed by atoms with Crippen molar-refractivity contribution in [3.05, 3.63) is 29.6 Å². The molecule has 0 aromatic carbocycles. The van der Waals surface area contributed by atoms with Crippen LogP contribution in [0, 0.1) is 12.8 Å². The molecule has 0 saturated carbocycles. The van der Waals surface area contributed by atoms with Crippen molar-refractivity contribution in [2.45, 2.75) is 26.3 Å². The molecule has 6 heteroatoms. The second kappa shape index (κ2) is 6.36. The molecule has 1 aromatic rings. The van der Waals surface area contributed by atoms with Crippen molar-refractivity contribution in [1.82, 2.24) is 15.2 Å². The number of hydrogen-bond donors (Lipinski definition) is 2. The van der Waals surface area contributed by atoms with E-state index >= 15 is 0 Å². The van der Waals surface area contributed by atoms with Gasteiger partial charge in [0.05, 0.1) is 0 Å². The summed E-state index contributed by atoms with van der Waals surface area (Å²) < 4.78 is 0. The van der Waals surface area contributed by atoms with Gasteiger partial charge in [-0.25, -0.2) is 4.79 Å². The Morgan fingerprint density at radius 1 is 1.50 bits per heavy atom. The minimum absolute atomic E-state index is 0.0688. The third kappa shape index (κ3) is 3.94. The fraction of sp³-hybridized carbons (Fsp3) is 0.500. The molecule has 2 amide bonds. The van der Waals surface area contributed by atoms with Crippen LogP contribution in [0.15, 0.2) is 18.3 Å². The van der Waals surface area contributed by atoms with Crippen LogP contribution >= 0.6 is 0 Å². The first-order chi connectivity index (χ1) is 9.54. The molecule has 1 aliphatic heterocycles. The maximum absolute atomic E-state index is 12.0. The topological polar surface area (TPSA) is 82.5 Å². The van der Waals surface area contributed by atoms with Gasteiger partial charge in [0, 0.05) is 37.9 Å². The molecule has 1 aromatic heterocycles. The zero-order valence-corrected chi connectivity index (χ0v) is 11.5. The van der Waals surface area contributed by atoms with Crippen molar-refractivity contribution in [2.24, 2.45) is 5.92 Å². The van der Waals surface area contributed by atoms with Gasteiger partial charge in [-0.3, -0.25) is 9.78 Å². The van der Waals surface area contributed by atoms with E-state index in [1.807, 2.05) is 19.1 Å². The highest BCUT2D eigenvalue weighted by Gasteiger charge is 2.27. The van der Waals surface area contributed by atoms with Crippen molar-refractivity contribution >= 4 is 12.0 Å². The minimum Gasteiger partial charge on any atom is -0.481 e. The SMILES string of the molecule is Cc1ccc(CNC(=O)N2CCC(CC(=O)O)C2)cn1. The summed E-state index contributed by atoms with van der Waals surface area (Å²) in [6.45, 7) is 3.49. The van der Waals surface area contributed by atoms with Gasteiger partial charge in [0.2, 0.25) is 0 Å². The van der Waals surface area contributed by atoms with E-state index in [9.17, 15) is 9.59 Å². The van der Waals surface area contributed by atoms with Crippen LogP contribution < -0.4 is 5.32 Å². The molecule has 2 N–H and O–H groups in total. The predicted molar refractivity (Wildman–Crippen MR) is 73.1 cm³/mol. The first-order valence-corrected chi connectivity index (χ1v) is 6.70. The summed E-state index contributed by atoms with van der Waals surface area (Å²) >= 11 is 0. The molecule has 1 saturated heterocycles. The number of carbonyl (C=O) groups excluding carboxylic acids is 1. The van der Waals surface area contributed by atoms with E-state index in [0.29, 0.717) is 19.6 Å². The molecule has 20 heavy (non-hydrogen) atoms. The van der Waals surface area contributed by atoms with Gasteiger partial charge in [-0.05, 0) is 30.9 Å². The highest BCUT2D eigenvalue weighted by molar-refractivity contribution is 5.74. The summed E-state index contributed by atoms with van der Waals surface area (Å²) in [7, 11) is 0. The normalized spacial score (nSPS) is 18.1. The Kier molecular flexibility index (Phi) is 4.55. The Bertz CT molecular complexity index is 487. The number of aromatic nitrogens is 1. The smallest absolute Gasteiger partial charge is 0.317 e. The largest absolute Gasteiger partial charge is 0.481 e. The number of pyridine rings is 1. The van der Waals surface area contributed by atoms with Crippen LogP contribution in [0.5, 0.6) is 0 Å². The summed E-state index contributed by atoms with van der Waals surface area (Å²) in [6, 6.07) is 3.69. The maximum Gasteiger partial charge on any atom is 0.317 e. The molecule has 2 heterocycles. The Morgan fingerprint density at radius 3 is 2.95 bits per heavy atom. The van der Waals surface area contributed by atoms with E-state index in [4.69, 9.17) is 5.11 Å². The van der Waals surface area contributed by atoms with Gasteiger partial charge in [-0.2, -0.15) is 0 Å². The number of urea groups is 1. The van der Waals surface area contributed by atoms with E-state index in [-0.39, 0.29) is 18.4 Å². The lowest BCUT2D eigenvalue weighted by Gasteiger charge is -2.17. The van der Waals surface area contributed by atoms with Crippen LogP contribution in [0.4, 0.5) is 4.79 Å². The van der Waals surface area contributed by atoms with E-state index in [2.05, 4.69) is 10.3 Å². The lowest BCUT2D eigenvalue weighted by atomic mass is 10.1. The molecular formula is C14H19N3O3. The van der Waals surface area contributed by atoms with Crippen molar-refractivity contribution in [1.29, 1.82) is 0 Å². The lowest BCUT2D eigenvalue weighted by Crippen LogP contribution is -2.38. The maximum atomic E-state index is 12.0.